The molecule has 1 heterocycles. The van der Waals surface area contributed by atoms with Gasteiger partial charge < -0.3 is 36.1 Å². The number of hydrogen-bond acceptors (Lipinski definition) is 9. The first kappa shape index (κ1) is 32.5. The summed E-state index contributed by atoms with van der Waals surface area (Å²) in [5, 5.41) is 9.51. The molecule has 3 unspecified atom stereocenters. The molecule has 11 nitrogen and oxygen atoms in total. The largest absolute Gasteiger partial charge is 0.439 e. The van der Waals surface area contributed by atoms with Gasteiger partial charge in [-0.15, -0.1) is 0 Å². The van der Waals surface area contributed by atoms with Crippen molar-refractivity contribution in [3.05, 3.63) is 58.5 Å². The summed E-state index contributed by atoms with van der Waals surface area (Å²) in [5.41, 5.74) is 12.2. The molecular formula is C27H39N3O8. The molecule has 11 heteroatoms. The van der Waals surface area contributed by atoms with Crippen LogP contribution in [0, 0.1) is 0 Å². The van der Waals surface area contributed by atoms with Crippen LogP contribution in [-0.4, -0.2) is 68.3 Å². The Morgan fingerprint density at radius 2 is 1.79 bits per heavy atom. The quantitative estimate of drug-likeness (QED) is 0.311. The highest BCUT2D eigenvalue weighted by Crippen LogP contribution is 2.23. The zero-order valence-electron chi connectivity index (χ0n) is 22.6. The normalized spacial score (nSPS) is 27.5. The van der Waals surface area contributed by atoms with Crippen molar-refractivity contribution in [1.29, 1.82) is 0 Å². The van der Waals surface area contributed by atoms with E-state index in [1.807, 2.05) is 13.0 Å². The smallest absolute Gasteiger partial charge is 0.405 e. The number of primary amides is 1. The molecule has 1 aliphatic carbocycles. The minimum atomic E-state index is -0.936. The molecule has 2 aliphatic rings. The fraction of sp³-hybridized carbons (Fsp3) is 0.481. The molecule has 2 bridgehead atoms. The number of ether oxygens (including phenoxy) is 3. The Labute approximate surface area is 223 Å². The number of rotatable bonds is 3. The van der Waals surface area contributed by atoms with E-state index in [0.717, 1.165) is 18.8 Å². The van der Waals surface area contributed by atoms with Crippen LogP contribution in [-0.2, 0) is 28.6 Å². The molecule has 6 N–H and O–H groups in total. The summed E-state index contributed by atoms with van der Waals surface area (Å²) in [5.74, 6) is -1.54. The lowest BCUT2D eigenvalue weighted by atomic mass is 9.92. The summed E-state index contributed by atoms with van der Waals surface area (Å²) in [4.78, 5) is 49.5. The van der Waals surface area contributed by atoms with Gasteiger partial charge in [0.25, 0.3) is 5.91 Å². The van der Waals surface area contributed by atoms with E-state index in [9.17, 15) is 19.2 Å². The van der Waals surface area contributed by atoms with Crippen LogP contribution >= 0.6 is 0 Å². The van der Waals surface area contributed by atoms with E-state index < -0.39 is 35.8 Å². The van der Waals surface area contributed by atoms with Crippen LogP contribution in [0.2, 0.25) is 0 Å². The molecule has 0 fully saturated rings. The van der Waals surface area contributed by atoms with Gasteiger partial charge in [0.1, 0.15) is 6.10 Å². The van der Waals surface area contributed by atoms with Crippen molar-refractivity contribution >= 4 is 23.6 Å². The number of amides is 2. The van der Waals surface area contributed by atoms with Crippen LogP contribution in [0.25, 0.3) is 0 Å². The molecule has 0 aromatic carbocycles. The van der Waals surface area contributed by atoms with Gasteiger partial charge in [0.05, 0.1) is 17.5 Å². The summed E-state index contributed by atoms with van der Waals surface area (Å²) in [6.07, 6.45) is 7.99. The lowest BCUT2D eigenvalue weighted by molar-refractivity contribution is -0.120. The Hall–Kier alpha value is -3.54. The maximum atomic E-state index is 13.0. The Balaban J connectivity index is 0.00000352. The summed E-state index contributed by atoms with van der Waals surface area (Å²) in [7, 11) is 4.07. The Bertz CT molecular complexity index is 1040. The molecule has 0 saturated carbocycles. The van der Waals surface area contributed by atoms with Gasteiger partial charge in [0, 0.05) is 38.6 Å². The summed E-state index contributed by atoms with van der Waals surface area (Å²) < 4.78 is 16.4. The van der Waals surface area contributed by atoms with Crippen LogP contribution in [0.15, 0.2) is 58.5 Å². The summed E-state index contributed by atoms with van der Waals surface area (Å²) in [6.45, 7) is 3.37. The third-order valence-electron chi connectivity index (χ3n) is 6.14. The van der Waals surface area contributed by atoms with E-state index in [4.69, 9.17) is 30.8 Å². The number of nitrogens with two attached hydrogens (primary N) is 2. The fourth-order valence-corrected chi connectivity index (χ4v) is 4.00. The number of carbonyl (C=O) groups excluding carboxylic acids is 4. The van der Waals surface area contributed by atoms with Crippen molar-refractivity contribution in [2.45, 2.75) is 64.3 Å². The van der Waals surface area contributed by atoms with E-state index in [1.54, 1.807) is 26.2 Å². The SMILES string of the molecule is CO.COC1CC/C=C(\C)C(OC(N)=O)C(OC)/C=C\C=C(/C)C(=O)NC2=CC(=O)C(N)=C(CCC1)C2=O. The zero-order chi connectivity index (χ0) is 28.8. The first-order valence-corrected chi connectivity index (χ1v) is 12.2. The second kappa shape index (κ2) is 16.3. The fourth-order valence-electron chi connectivity index (χ4n) is 4.00. The standard InChI is InChI=1S/C26H35N3O7.CH4O/c1-15-8-5-10-17(34-3)11-7-12-18-22(27)20(30)14-19(23(18)31)29-25(32)16(2)9-6-13-21(35-4)24(15)36-26(28)33;1-2/h6,8-9,13-14,17,21,24H,5,7,10-12,27H2,1-4H3,(H2,28,33)(H,29,32);2H,1H3/b13-6-,15-8+,16-9+;. The molecule has 2 amide bonds. The van der Waals surface area contributed by atoms with Gasteiger partial charge in [-0.3, -0.25) is 14.4 Å². The van der Waals surface area contributed by atoms with Crippen LogP contribution in [0.5, 0.6) is 0 Å². The summed E-state index contributed by atoms with van der Waals surface area (Å²) >= 11 is 0. The number of nitrogens with one attached hydrogen (secondary N) is 1. The molecule has 0 radical (unpaired) electrons. The van der Waals surface area contributed by atoms with Crippen molar-refractivity contribution in [1.82, 2.24) is 5.32 Å². The molecule has 210 valence electrons. The van der Waals surface area contributed by atoms with E-state index in [1.165, 1.54) is 13.2 Å². The Morgan fingerprint density at radius 3 is 2.39 bits per heavy atom. The maximum absolute atomic E-state index is 13.0. The van der Waals surface area contributed by atoms with E-state index in [2.05, 4.69) is 5.32 Å². The Morgan fingerprint density at radius 1 is 1.11 bits per heavy atom. The number of aliphatic hydroxyl groups is 1. The third-order valence-corrected chi connectivity index (χ3v) is 6.14. The van der Waals surface area contributed by atoms with Crippen molar-refractivity contribution < 1.29 is 38.5 Å². The monoisotopic (exact) mass is 533 g/mol. The van der Waals surface area contributed by atoms with Gasteiger partial charge in [-0.2, -0.15) is 0 Å². The highest BCUT2D eigenvalue weighted by Gasteiger charge is 2.28. The van der Waals surface area contributed by atoms with Gasteiger partial charge in [-0.25, -0.2) is 4.79 Å². The molecule has 0 spiro atoms. The number of fused-ring (bicyclic) bond motifs is 2. The molecule has 38 heavy (non-hydrogen) atoms. The lowest BCUT2D eigenvalue weighted by Gasteiger charge is -2.24. The number of carbonyl (C=O) groups is 4. The van der Waals surface area contributed by atoms with Crippen molar-refractivity contribution in [3.63, 3.8) is 0 Å². The predicted octanol–water partition coefficient (Wildman–Crippen LogP) is 1.87. The first-order valence-electron chi connectivity index (χ1n) is 12.2. The van der Waals surface area contributed by atoms with E-state index in [0.29, 0.717) is 25.7 Å². The van der Waals surface area contributed by atoms with Crippen molar-refractivity contribution in [3.8, 4) is 0 Å². The minimum absolute atomic E-state index is 0.0993. The molecule has 0 saturated heterocycles. The number of aliphatic hydroxyl groups excluding tert-OH is 1. The number of allylic oxidation sites excluding steroid dienone is 5. The maximum Gasteiger partial charge on any atom is 0.405 e. The molecule has 3 atom stereocenters. The number of ketones is 2. The van der Waals surface area contributed by atoms with Crippen molar-refractivity contribution in [2.75, 3.05) is 21.3 Å². The van der Waals surface area contributed by atoms with E-state index >= 15 is 0 Å². The number of methoxy groups -OCH3 is 2. The first-order chi connectivity index (χ1) is 18.1. The van der Waals surface area contributed by atoms with Crippen LogP contribution in [0.1, 0.15) is 46.0 Å². The highest BCUT2D eigenvalue weighted by atomic mass is 16.6. The third kappa shape index (κ3) is 9.40. The second-order valence-electron chi connectivity index (χ2n) is 8.67. The molecular weight excluding hydrogens is 494 g/mol. The molecule has 0 aromatic rings. The lowest BCUT2D eigenvalue weighted by Crippen LogP contribution is -2.34. The topological polar surface area (TPSA) is 180 Å². The molecule has 1 aliphatic heterocycles. The number of hydrogen-bond donors (Lipinski definition) is 4. The van der Waals surface area contributed by atoms with Gasteiger partial charge >= 0.3 is 6.09 Å². The number of Topliss-reactive ketones (excluding diaryl/α,β-unsaturated/α-hetero) is 1. The second-order valence-corrected chi connectivity index (χ2v) is 8.67. The minimum Gasteiger partial charge on any atom is -0.439 e. The van der Waals surface area contributed by atoms with Crippen LogP contribution < -0.4 is 16.8 Å². The van der Waals surface area contributed by atoms with Gasteiger partial charge in [0.15, 0.2) is 6.10 Å². The average Bonchev–Trinajstić information content (AvgIpc) is 2.89. The summed E-state index contributed by atoms with van der Waals surface area (Å²) in [6, 6.07) is 0. The van der Waals surface area contributed by atoms with Crippen molar-refractivity contribution in [2.24, 2.45) is 11.5 Å². The van der Waals surface area contributed by atoms with Gasteiger partial charge in [-0.05, 0) is 51.5 Å². The molecule has 0 aromatic heterocycles. The van der Waals surface area contributed by atoms with Crippen LogP contribution in [0.4, 0.5) is 4.79 Å². The highest BCUT2D eigenvalue weighted by molar-refractivity contribution is 6.23. The molecule has 2 rings (SSSR count). The zero-order valence-corrected chi connectivity index (χ0v) is 22.6. The van der Waals surface area contributed by atoms with Gasteiger partial charge in [-0.1, -0.05) is 24.3 Å². The van der Waals surface area contributed by atoms with E-state index in [-0.39, 0.29) is 35.1 Å². The van der Waals surface area contributed by atoms with Gasteiger partial charge in [0.2, 0.25) is 11.6 Å². The Kier molecular flexibility index (Phi) is 14.0. The van der Waals surface area contributed by atoms with Crippen LogP contribution in [0.3, 0.4) is 0 Å². The predicted molar refractivity (Wildman–Crippen MR) is 141 cm³/mol. The average molecular weight is 534 g/mol.